The Hall–Kier alpha value is -1.97. The average Bonchev–Trinajstić information content (AvgIpc) is 2.63. The van der Waals surface area contributed by atoms with E-state index in [2.05, 4.69) is 31.2 Å². The Bertz CT molecular complexity index is 476. The van der Waals surface area contributed by atoms with Crippen LogP contribution in [0, 0.1) is 10.1 Å². The Balaban J connectivity index is 3.77. The van der Waals surface area contributed by atoms with Gasteiger partial charge in [0.1, 0.15) is 6.29 Å². The van der Waals surface area contributed by atoms with E-state index in [1.54, 1.807) is 6.08 Å². The van der Waals surface area contributed by atoms with Crippen molar-refractivity contribution in [3.05, 3.63) is 58.3 Å². The topological polar surface area (TPSA) is 60.2 Å². The van der Waals surface area contributed by atoms with Crippen molar-refractivity contribution in [1.29, 1.82) is 0 Å². The van der Waals surface area contributed by atoms with E-state index in [-0.39, 0.29) is 4.92 Å². The Morgan fingerprint density at radius 3 is 2.04 bits per heavy atom. The number of hydrogen-bond acceptors (Lipinski definition) is 3. The molecule has 0 rings (SSSR count). The second-order valence-corrected chi connectivity index (χ2v) is 6.34. The first kappa shape index (κ1) is 24.0. The van der Waals surface area contributed by atoms with Crippen LogP contribution in [0.15, 0.2) is 48.2 Å². The summed E-state index contributed by atoms with van der Waals surface area (Å²) >= 11 is 0. The summed E-state index contributed by atoms with van der Waals surface area (Å²) in [4.78, 5) is 20.9. The van der Waals surface area contributed by atoms with Crippen LogP contribution < -0.4 is 0 Å². The summed E-state index contributed by atoms with van der Waals surface area (Å²) < 4.78 is 0. The predicted molar refractivity (Wildman–Crippen MR) is 110 cm³/mol. The van der Waals surface area contributed by atoms with Crippen LogP contribution in [0.2, 0.25) is 0 Å². The number of nitrogens with zero attached hydrogens (tertiary/aromatic N) is 1. The maximum Gasteiger partial charge on any atom is 0.242 e. The summed E-state index contributed by atoms with van der Waals surface area (Å²) in [6.07, 6.45) is 26.4. The lowest BCUT2D eigenvalue weighted by Crippen LogP contribution is -1.98. The van der Waals surface area contributed by atoms with E-state index >= 15 is 0 Å². The molecule has 0 atom stereocenters. The Kier molecular flexibility index (Phi) is 17.9. The quantitative estimate of drug-likeness (QED) is 0.0950. The molecule has 0 saturated carbocycles. The monoisotopic (exact) mass is 361 g/mol. The zero-order valence-electron chi connectivity index (χ0n) is 16.3. The number of rotatable bonds is 17. The van der Waals surface area contributed by atoms with Gasteiger partial charge in [-0.25, -0.2) is 0 Å². The molecule has 0 N–H and O–H groups in total. The minimum absolute atomic E-state index is 0.252. The molecule has 0 aliphatic heterocycles. The molecule has 26 heavy (non-hydrogen) atoms. The van der Waals surface area contributed by atoms with Crippen molar-refractivity contribution in [2.45, 2.75) is 84.0 Å². The van der Waals surface area contributed by atoms with Crippen LogP contribution >= 0.6 is 0 Å². The van der Waals surface area contributed by atoms with Gasteiger partial charge >= 0.3 is 0 Å². The van der Waals surface area contributed by atoms with E-state index < -0.39 is 0 Å². The normalized spacial score (nSPS) is 12.6. The van der Waals surface area contributed by atoms with Gasteiger partial charge in [0.2, 0.25) is 5.70 Å². The lowest BCUT2D eigenvalue weighted by Gasteiger charge is -1.97. The summed E-state index contributed by atoms with van der Waals surface area (Å²) in [5.74, 6) is 0. The molecular formula is C22H35NO3. The molecule has 0 aromatic rings. The maximum absolute atomic E-state index is 11.0. The van der Waals surface area contributed by atoms with Crippen LogP contribution in [-0.2, 0) is 4.79 Å². The summed E-state index contributed by atoms with van der Waals surface area (Å²) in [6, 6.07) is 0. The van der Waals surface area contributed by atoms with Crippen LogP contribution in [0.5, 0.6) is 0 Å². The minimum Gasteiger partial charge on any atom is -0.303 e. The van der Waals surface area contributed by atoms with Crippen LogP contribution in [0.25, 0.3) is 0 Å². The fraction of sp³-hybridized carbons (Fsp3) is 0.591. The Morgan fingerprint density at radius 1 is 0.808 bits per heavy atom. The first-order valence-electron chi connectivity index (χ1n) is 9.94. The third-order valence-corrected chi connectivity index (χ3v) is 4.00. The zero-order valence-corrected chi connectivity index (χ0v) is 16.3. The molecule has 0 aliphatic carbocycles. The highest BCUT2D eigenvalue weighted by Crippen LogP contribution is 2.10. The highest BCUT2D eigenvalue weighted by atomic mass is 16.6. The average molecular weight is 362 g/mol. The number of nitro groups is 1. The summed E-state index contributed by atoms with van der Waals surface area (Å²) in [5, 5.41) is 11.0. The molecule has 0 heterocycles. The standard InChI is InChI=1S/C22H35NO3/c1-2-3-16-19-22(23(25)26)20-17-14-12-10-8-6-4-5-7-9-11-13-15-18-21-24/h5-8,12,14,20-21H,2-4,9-11,13,15-19H2,1H3/b7-5+,8-6+,14-12+,22-20-. The number of carbonyl (C=O) groups is 1. The van der Waals surface area contributed by atoms with Crippen molar-refractivity contribution in [2.75, 3.05) is 0 Å². The molecule has 0 radical (unpaired) electrons. The van der Waals surface area contributed by atoms with E-state index in [1.165, 1.54) is 0 Å². The molecule has 0 spiro atoms. The largest absolute Gasteiger partial charge is 0.303 e. The molecule has 146 valence electrons. The van der Waals surface area contributed by atoms with E-state index in [1.807, 2.05) is 12.2 Å². The highest BCUT2D eigenvalue weighted by Gasteiger charge is 2.08. The summed E-state index contributed by atoms with van der Waals surface area (Å²) in [7, 11) is 0. The third-order valence-electron chi connectivity index (χ3n) is 4.00. The van der Waals surface area contributed by atoms with Crippen molar-refractivity contribution in [3.8, 4) is 0 Å². The molecule has 0 amide bonds. The highest BCUT2D eigenvalue weighted by molar-refractivity contribution is 5.48. The fourth-order valence-corrected chi connectivity index (χ4v) is 2.45. The van der Waals surface area contributed by atoms with Gasteiger partial charge in [0.25, 0.3) is 0 Å². The van der Waals surface area contributed by atoms with Gasteiger partial charge in [-0.15, -0.1) is 0 Å². The van der Waals surface area contributed by atoms with Crippen molar-refractivity contribution in [2.24, 2.45) is 0 Å². The number of aldehydes is 1. The predicted octanol–water partition coefficient (Wildman–Crippen LogP) is 6.72. The molecule has 0 fully saturated rings. The van der Waals surface area contributed by atoms with Gasteiger partial charge in [0, 0.05) is 12.8 Å². The van der Waals surface area contributed by atoms with E-state index in [9.17, 15) is 14.9 Å². The van der Waals surface area contributed by atoms with Crippen LogP contribution in [-0.4, -0.2) is 11.2 Å². The van der Waals surface area contributed by atoms with Crippen molar-refractivity contribution in [1.82, 2.24) is 0 Å². The van der Waals surface area contributed by atoms with Gasteiger partial charge in [-0.2, -0.15) is 0 Å². The third kappa shape index (κ3) is 16.9. The number of allylic oxidation sites excluding steroid dienone is 8. The lowest BCUT2D eigenvalue weighted by molar-refractivity contribution is -0.428. The van der Waals surface area contributed by atoms with E-state index in [0.29, 0.717) is 25.0 Å². The van der Waals surface area contributed by atoms with Crippen LogP contribution in [0.3, 0.4) is 0 Å². The second-order valence-electron chi connectivity index (χ2n) is 6.34. The van der Waals surface area contributed by atoms with E-state index in [4.69, 9.17) is 0 Å². The van der Waals surface area contributed by atoms with Gasteiger partial charge < -0.3 is 4.79 Å². The second kappa shape index (κ2) is 19.4. The smallest absolute Gasteiger partial charge is 0.242 e. The van der Waals surface area contributed by atoms with Gasteiger partial charge in [-0.3, -0.25) is 10.1 Å². The van der Waals surface area contributed by atoms with Crippen molar-refractivity contribution in [3.63, 3.8) is 0 Å². The molecule has 0 aliphatic rings. The number of hydrogen-bond donors (Lipinski definition) is 0. The molecule has 4 heteroatoms. The molecule has 0 saturated heterocycles. The number of carbonyl (C=O) groups excluding carboxylic acids is 1. The van der Waals surface area contributed by atoms with Gasteiger partial charge in [-0.05, 0) is 51.0 Å². The van der Waals surface area contributed by atoms with Gasteiger partial charge in [0.05, 0.1) is 4.92 Å². The van der Waals surface area contributed by atoms with Crippen molar-refractivity contribution < 1.29 is 9.72 Å². The Morgan fingerprint density at radius 2 is 1.42 bits per heavy atom. The summed E-state index contributed by atoms with van der Waals surface area (Å²) in [6.45, 7) is 2.10. The molecule has 0 unspecified atom stereocenters. The van der Waals surface area contributed by atoms with Crippen LogP contribution in [0.1, 0.15) is 84.0 Å². The molecule has 0 aromatic carbocycles. The van der Waals surface area contributed by atoms with Gasteiger partial charge in [0.15, 0.2) is 0 Å². The molecular weight excluding hydrogens is 326 g/mol. The minimum atomic E-state index is -0.252. The lowest BCUT2D eigenvalue weighted by atomic mass is 10.1. The molecule has 0 bridgehead atoms. The van der Waals surface area contributed by atoms with Crippen LogP contribution in [0.4, 0.5) is 0 Å². The Labute approximate surface area is 158 Å². The first-order valence-corrected chi connectivity index (χ1v) is 9.94. The summed E-state index contributed by atoms with van der Waals surface area (Å²) in [5.41, 5.74) is 0.343. The van der Waals surface area contributed by atoms with Crippen molar-refractivity contribution >= 4 is 6.29 Å². The molecule has 0 aromatic heterocycles. The fourth-order valence-electron chi connectivity index (χ4n) is 2.45. The SMILES string of the molecule is CCCCC/C(=C/C/C=C/C/C=C/C/C=C/CCCCCC=O)[N+](=O)[O-]. The zero-order chi connectivity index (χ0) is 19.3. The maximum atomic E-state index is 11.0. The number of unbranched alkanes of at least 4 members (excludes halogenated alkanes) is 6. The molecule has 4 nitrogen and oxygen atoms in total. The van der Waals surface area contributed by atoms with E-state index in [0.717, 1.165) is 64.1 Å². The first-order chi connectivity index (χ1) is 12.7. The van der Waals surface area contributed by atoms with Gasteiger partial charge in [-0.1, -0.05) is 62.6 Å².